The summed E-state index contributed by atoms with van der Waals surface area (Å²) in [7, 11) is 0. The van der Waals surface area contributed by atoms with Crippen molar-refractivity contribution in [1.82, 2.24) is 0 Å². The lowest BCUT2D eigenvalue weighted by molar-refractivity contribution is 0.192. The highest BCUT2D eigenvalue weighted by atomic mass is 19.1. The Bertz CT molecular complexity index is 356. The highest BCUT2D eigenvalue weighted by molar-refractivity contribution is 5.86. The number of hydrogen-bond acceptors (Lipinski definition) is 2. The second-order valence-corrected chi connectivity index (χ2v) is 3.14. The van der Waals surface area contributed by atoms with Crippen LogP contribution in [0.25, 0.3) is 0 Å². The first kappa shape index (κ1) is 11.5. The summed E-state index contributed by atoms with van der Waals surface area (Å²) < 4.78 is 13.3. The van der Waals surface area contributed by atoms with E-state index in [0.29, 0.717) is 0 Å². The Morgan fingerprint density at radius 2 is 2.13 bits per heavy atom. The summed E-state index contributed by atoms with van der Waals surface area (Å²) >= 11 is 0. The van der Waals surface area contributed by atoms with Gasteiger partial charge >= 0.3 is 6.09 Å². The maximum atomic E-state index is 13.3. The highest BCUT2D eigenvalue weighted by Crippen LogP contribution is 2.20. The molecule has 0 heterocycles. The van der Waals surface area contributed by atoms with Crippen LogP contribution >= 0.6 is 0 Å². The van der Waals surface area contributed by atoms with Gasteiger partial charge in [-0.2, -0.15) is 0 Å². The molecule has 1 aromatic rings. The quantitative estimate of drug-likeness (QED) is 0.803. The fourth-order valence-electron chi connectivity index (χ4n) is 1.26. The number of hydrogen-bond donors (Lipinski definition) is 2. The molecule has 82 valence electrons. The standard InChI is InChI=1S/C10H12FNO3/c1-7(6-13)12(10(14)15)9-5-3-2-4-8(9)11/h2-5,7,13H,6H2,1H3,(H,14,15). The first-order valence-electron chi connectivity index (χ1n) is 4.45. The van der Waals surface area contributed by atoms with Crippen molar-refractivity contribution >= 4 is 11.8 Å². The van der Waals surface area contributed by atoms with E-state index in [2.05, 4.69) is 0 Å². The van der Waals surface area contributed by atoms with Crippen LogP contribution in [0.5, 0.6) is 0 Å². The Balaban J connectivity index is 3.10. The number of anilines is 1. The molecule has 1 aromatic carbocycles. The molecule has 1 unspecified atom stereocenters. The molecule has 1 amide bonds. The Morgan fingerprint density at radius 1 is 1.53 bits per heavy atom. The first-order chi connectivity index (χ1) is 7.07. The number of halogens is 1. The minimum atomic E-state index is -1.29. The van der Waals surface area contributed by atoms with Gasteiger partial charge in [0.15, 0.2) is 0 Å². The maximum absolute atomic E-state index is 13.3. The van der Waals surface area contributed by atoms with E-state index < -0.39 is 18.0 Å². The molecule has 0 radical (unpaired) electrons. The number of rotatable bonds is 3. The largest absolute Gasteiger partial charge is 0.465 e. The van der Waals surface area contributed by atoms with Gasteiger partial charge < -0.3 is 10.2 Å². The second-order valence-electron chi connectivity index (χ2n) is 3.14. The van der Waals surface area contributed by atoms with Crippen LogP contribution < -0.4 is 4.90 Å². The van der Waals surface area contributed by atoms with E-state index in [1.807, 2.05) is 0 Å². The Morgan fingerprint density at radius 3 is 2.60 bits per heavy atom. The average Bonchev–Trinajstić information content (AvgIpc) is 2.20. The molecule has 0 bridgehead atoms. The molecule has 5 heteroatoms. The molecule has 1 rings (SSSR count). The number of carboxylic acid groups (broad SMARTS) is 1. The first-order valence-corrected chi connectivity index (χ1v) is 4.45. The molecule has 0 spiro atoms. The van der Waals surface area contributed by atoms with Crippen LogP contribution in [-0.2, 0) is 0 Å². The molecular weight excluding hydrogens is 201 g/mol. The monoisotopic (exact) mass is 213 g/mol. The number of aliphatic hydroxyl groups is 1. The molecule has 2 N–H and O–H groups in total. The van der Waals surface area contributed by atoms with Crippen LogP contribution in [0, 0.1) is 5.82 Å². The van der Waals surface area contributed by atoms with Crippen molar-refractivity contribution in [1.29, 1.82) is 0 Å². The summed E-state index contributed by atoms with van der Waals surface area (Å²) in [6, 6.07) is 4.87. The molecule has 0 saturated carbocycles. The third kappa shape index (κ3) is 2.44. The number of nitrogens with zero attached hydrogens (tertiary/aromatic N) is 1. The van der Waals surface area contributed by atoms with Gasteiger partial charge in [0.25, 0.3) is 0 Å². The predicted molar refractivity (Wildman–Crippen MR) is 53.5 cm³/mol. The lowest BCUT2D eigenvalue weighted by Gasteiger charge is -2.25. The normalized spacial score (nSPS) is 12.2. The topological polar surface area (TPSA) is 60.8 Å². The molecular formula is C10H12FNO3. The summed E-state index contributed by atoms with van der Waals surface area (Å²) in [4.78, 5) is 11.7. The van der Waals surface area contributed by atoms with E-state index in [1.165, 1.54) is 25.1 Å². The zero-order valence-electron chi connectivity index (χ0n) is 8.22. The molecule has 1 atom stereocenters. The minimum Gasteiger partial charge on any atom is -0.465 e. The van der Waals surface area contributed by atoms with Crippen molar-refractivity contribution in [3.63, 3.8) is 0 Å². The fraction of sp³-hybridized carbons (Fsp3) is 0.300. The number of benzene rings is 1. The minimum absolute atomic E-state index is 0.0495. The van der Waals surface area contributed by atoms with Crippen LogP contribution in [0.15, 0.2) is 24.3 Å². The smallest absolute Gasteiger partial charge is 0.412 e. The lowest BCUT2D eigenvalue weighted by Crippen LogP contribution is -2.40. The molecule has 0 aliphatic rings. The molecule has 0 aliphatic heterocycles. The van der Waals surface area contributed by atoms with Crippen LogP contribution in [0.2, 0.25) is 0 Å². The number of carbonyl (C=O) groups is 1. The van der Waals surface area contributed by atoms with Gasteiger partial charge in [0.2, 0.25) is 0 Å². The predicted octanol–water partition coefficient (Wildman–Crippen LogP) is 1.69. The van der Waals surface area contributed by atoms with E-state index in [9.17, 15) is 9.18 Å². The van der Waals surface area contributed by atoms with Crippen molar-refractivity contribution in [3.05, 3.63) is 30.1 Å². The SMILES string of the molecule is CC(CO)N(C(=O)O)c1ccccc1F. The van der Waals surface area contributed by atoms with Gasteiger partial charge in [-0.15, -0.1) is 0 Å². The summed E-state index contributed by atoms with van der Waals surface area (Å²) in [5.41, 5.74) is -0.0495. The lowest BCUT2D eigenvalue weighted by atomic mass is 10.2. The van der Waals surface area contributed by atoms with E-state index in [4.69, 9.17) is 10.2 Å². The van der Waals surface area contributed by atoms with Crippen LogP contribution in [0.3, 0.4) is 0 Å². The van der Waals surface area contributed by atoms with Gasteiger partial charge in [-0.25, -0.2) is 9.18 Å². The van der Waals surface area contributed by atoms with Crippen molar-refractivity contribution < 1.29 is 19.4 Å². The number of aliphatic hydroxyl groups excluding tert-OH is 1. The fourth-order valence-corrected chi connectivity index (χ4v) is 1.26. The van der Waals surface area contributed by atoms with Crippen molar-refractivity contribution in [2.75, 3.05) is 11.5 Å². The molecule has 15 heavy (non-hydrogen) atoms. The van der Waals surface area contributed by atoms with Gasteiger partial charge in [-0.05, 0) is 19.1 Å². The van der Waals surface area contributed by atoms with E-state index in [0.717, 1.165) is 4.90 Å². The summed E-state index contributed by atoms with van der Waals surface area (Å²) in [6.45, 7) is 1.14. The third-order valence-corrected chi connectivity index (χ3v) is 2.02. The van der Waals surface area contributed by atoms with Gasteiger partial charge in [-0.1, -0.05) is 12.1 Å². The molecule has 4 nitrogen and oxygen atoms in total. The summed E-state index contributed by atoms with van der Waals surface area (Å²) in [6.07, 6.45) is -1.29. The van der Waals surface area contributed by atoms with Crippen molar-refractivity contribution in [3.8, 4) is 0 Å². The number of para-hydroxylation sites is 1. The van der Waals surface area contributed by atoms with Gasteiger partial charge in [0, 0.05) is 0 Å². The van der Waals surface area contributed by atoms with Crippen molar-refractivity contribution in [2.45, 2.75) is 13.0 Å². The van der Waals surface area contributed by atoms with Crippen LogP contribution in [-0.4, -0.2) is 29.0 Å². The van der Waals surface area contributed by atoms with Crippen molar-refractivity contribution in [2.24, 2.45) is 0 Å². The summed E-state index contributed by atoms with van der Waals surface area (Å²) in [5.74, 6) is -0.625. The van der Waals surface area contributed by atoms with Gasteiger partial charge in [-0.3, -0.25) is 4.90 Å². The highest BCUT2D eigenvalue weighted by Gasteiger charge is 2.22. The Kier molecular flexibility index (Phi) is 3.62. The summed E-state index contributed by atoms with van der Waals surface area (Å²) in [5, 5.41) is 17.8. The third-order valence-electron chi connectivity index (χ3n) is 2.02. The molecule has 0 aromatic heterocycles. The van der Waals surface area contributed by atoms with E-state index in [-0.39, 0.29) is 12.3 Å². The molecule has 0 saturated heterocycles. The number of amides is 1. The second kappa shape index (κ2) is 4.75. The zero-order valence-corrected chi connectivity index (χ0v) is 8.22. The van der Waals surface area contributed by atoms with Crippen LogP contribution in [0.4, 0.5) is 14.9 Å². The molecule has 0 fully saturated rings. The molecule has 0 aliphatic carbocycles. The van der Waals surface area contributed by atoms with E-state index >= 15 is 0 Å². The zero-order chi connectivity index (χ0) is 11.4. The van der Waals surface area contributed by atoms with Gasteiger partial charge in [0.05, 0.1) is 18.3 Å². The Labute approximate surface area is 86.6 Å². The average molecular weight is 213 g/mol. The van der Waals surface area contributed by atoms with Crippen LogP contribution in [0.1, 0.15) is 6.92 Å². The van der Waals surface area contributed by atoms with Gasteiger partial charge in [0.1, 0.15) is 5.82 Å². The van der Waals surface area contributed by atoms with E-state index in [1.54, 1.807) is 6.07 Å². The Hall–Kier alpha value is -1.62. The maximum Gasteiger partial charge on any atom is 0.412 e.